The maximum atomic E-state index is 14.0. The fourth-order valence-electron chi connectivity index (χ4n) is 7.52. The number of anilines is 2. The van der Waals surface area contributed by atoms with Crippen LogP contribution in [0.4, 0.5) is 38.0 Å². The molecule has 5 aromatic rings. The molecular formula is C39H33F6N7O3. The zero-order valence-corrected chi connectivity index (χ0v) is 29.1. The standard InChI is InChI=1S/C39H33F6N7O3/c40-38(41,42)28-15-25(16-29(19-28)39(43,44)45)21-51(37-46-48-52(47-37)14-13-50-35(53)30-9-4-5-10-31(30)36(50)54)33-11-6-12-49(20-24-7-2-1-3-8-24)34-18-27-23-55-22-26(27)17-32(33)34/h1-5,7-10,15-19,33H,6,11-14,20-23H2/t33-/m0/s1. The minimum Gasteiger partial charge on any atom is -0.372 e. The van der Waals surface area contributed by atoms with Gasteiger partial charge in [0, 0.05) is 25.3 Å². The van der Waals surface area contributed by atoms with E-state index in [-0.39, 0.29) is 41.8 Å². The van der Waals surface area contributed by atoms with Crippen molar-refractivity contribution in [1.82, 2.24) is 25.1 Å². The van der Waals surface area contributed by atoms with Crippen LogP contribution in [0.3, 0.4) is 0 Å². The zero-order chi connectivity index (χ0) is 38.5. The highest BCUT2D eigenvalue weighted by molar-refractivity contribution is 6.21. The number of ether oxygens (including phenoxy) is 1. The average molecular weight is 762 g/mol. The van der Waals surface area contributed by atoms with Gasteiger partial charge < -0.3 is 14.5 Å². The van der Waals surface area contributed by atoms with E-state index in [1.54, 1.807) is 29.2 Å². The van der Waals surface area contributed by atoms with Crippen molar-refractivity contribution in [2.75, 3.05) is 22.9 Å². The number of imide groups is 1. The Bertz CT molecular complexity index is 2190. The van der Waals surface area contributed by atoms with Gasteiger partial charge in [-0.3, -0.25) is 14.5 Å². The fourth-order valence-corrected chi connectivity index (χ4v) is 7.52. The lowest BCUT2D eigenvalue weighted by Gasteiger charge is -2.33. The number of rotatable bonds is 9. The third-order valence-corrected chi connectivity index (χ3v) is 10.2. The predicted molar refractivity (Wildman–Crippen MR) is 187 cm³/mol. The van der Waals surface area contributed by atoms with Gasteiger partial charge in [0.25, 0.3) is 17.8 Å². The van der Waals surface area contributed by atoms with E-state index in [0.29, 0.717) is 51.3 Å². The summed E-state index contributed by atoms with van der Waals surface area (Å²) in [4.78, 5) is 32.0. The van der Waals surface area contributed by atoms with Crippen molar-refractivity contribution in [3.63, 3.8) is 0 Å². The Kier molecular flexibility index (Phi) is 9.31. The molecule has 4 heterocycles. The van der Waals surface area contributed by atoms with Gasteiger partial charge in [0.1, 0.15) is 0 Å². The summed E-state index contributed by atoms with van der Waals surface area (Å²) in [6.45, 7) is 1.35. The van der Waals surface area contributed by atoms with Crippen LogP contribution in [0, 0.1) is 0 Å². The van der Waals surface area contributed by atoms with E-state index in [9.17, 15) is 35.9 Å². The monoisotopic (exact) mass is 761 g/mol. The van der Waals surface area contributed by atoms with Crippen molar-refractivity contribution in [1.29, 1.82) is 0 Å². The number of hydrogen-bond donors (Lipinski definition) is 0. The number of carbonyl (C=O) groups is 2. The summed E-state index contributed by atoms with van der Waals surface area (Å²) >= 11 is 0. The van der Waals surface area contributed by atoms with Gasteiger partial charge in [-0.1, -0.05) is 47.6 Å². The van der Waals surface area contributed by atoms with Crippen molar-refractivity contribution in [3.8, 4) is 0 Å². The van der Waals surface area contributed by atoms with E-state index in [0.717, 1.165) is 37.6 Å². The molecule has 4 aromatic carbocycles. The van der Waals surface area contributed by atoms with E-state index < -0.39 is 47.9 Å². The predicted octanol–water partition coefficient (Wildman–Crippen LogP) is 7.59. The largest absolute Gasteiger partial charge is 0.416 e. The van der Waals surface area contributed by atoms with Crippen molar-refractivity contribution < 1.29 is 40.7 Å². The number of benzene rings is 4. The Morgan fingerprint density at radius 3 is 2.05 bits per heavy atom. The molecule has 0 saturated heterocycles. The molecule has 0 spiro atoms. The van der Waals surface area contributed by atoms with Gasteiger partial charge in [-0.2, -0.15) is 31.1 Å². The topological polar surface area (TPSA) is 96.7 Å². The number of carbonyl (C=O) groups excluding carboxylic acids is 2. The normalized spacial score (nSPS) is 16.9. The second-order valence-corrected chi connectivity index (χ2v) is 13.8. The van der Waals surface area contributed by atoms with Crippen LogP contribution in [-0.2, 0) is 49.9 Å². The van der Waals surface area contributed by atoms with Crippen LogP contribution in [0.15, 0.2) is 84.9 Å². The van der Waals surface area contributed by atoms with E-state index in [4.69, 9.17) is 4.74 Å². The maximum Gasteiger partial charge on any atom is 0.416 e. The van der Waals surface area contributed by atoms with Crippen molar-refractivity contribution in [2.24, 2.45) is 0 Å². The van der Waals surface area contributed by atoms with Crippen LogP contribution in [0.5, 0.6) is 0 Å². The first-order valence-electron chi connectivity index (χ1n) is 17.6. The molecule has 0 N–H and O–H groups in total. The molecule has 0 unspecified atom stereocenters. The van der Waals surface area contributed by atoms with E-state index >= 15 is 0 Å². The second-order valence-electron chi connectivity index (χ2n) is 13.8. The van der Waals surface area contributed by atoms with E-state index in [1.807, 2.05) is 36.4 Å². The minimum absolute atomic E-state index is 0.0439. The highest BCUT2D eigenvalue weighted by Gasteiger charge is 2.39. The quantitative estimate of drug-likeness (QED) is 0.112. The third kappa shape index (κ3) is 7.25. The Labute approximate surface area is 310 Å². The molecule has 0 saturated carbocycles. The van der Waals surface area contributed by atoms with Gasteiger partial charge in [-0.15, -0.1) is 5.10 Å². The number of alkyl halides is 6. The summed E-state index contributed by atoms with van der Waals surface area (Å²) in [5.74, 6) is -0.990. The molecule has 10 nitrogen and oxygen atoms in total. The Morgan fingerprint density at radius 1 is 0.764 bits per heavy atom. The van der Waals surface area contributed by atoms with Crippen molar-refractivity contribution >= 4 is 23.5 Å². The number of halogens is 6. The van der Waals surface area contributed by atoms with Crippen molar-refractivity contribution in [3.05, 3.63) is 135 Å². The number of hydrogen-bond acceptors (Lipinski definition) is 8. The molecule has 0 aliphatic carbocycles. The molecule has 284 valence electrons. The van der Waals surface area contributed by atoms with Gasteiger partial charge in [0.2, 0.25) is 0 Å². The number of fused-ring (bicyclic) bond motifs is 3. The van der Waals surface area contributed by atoms with E-state index in [2.05, 4.69) is 26.4 Å². The van der Waals surface area contributed by atoms with Gasteiger partial charge in [-0.05, 0) is 88.3 Å². The lowest BCUT2D eigenvalue weighted by atomic mass is 9.95. The molecule has 16 heteroatoms. The van der Waals surface area contributed by atoms with Crippen molar-refractivity contribution in [2.45, 2.75) is 64.1 Å². The Morgan fingerprint density at radius 2 is 1.40 bits per heavy atom. The van der Waals surface area contributed by atoms with E-state index in [1.165, 1.54) is 0 Å². The second kappa shape index (κ2) is 14.1. The van der Waals surface area contributed by atoms with Crippen LogP contribution in [0.25, 0.3) is 0 Å². The maximum absolute atomic E-state index is 14.0. The van der Waals surface area contributed by atoms with Gasteiger partial charge in [0.15, 0.2) is 0 Å². The lowest BCUT2D eigenvalue weighted by molar-refractivity contribution is -0.143. The molecule has 55 heavy (non-hydrogen) atoms. The number of aromatic nitrogens is 4. The summed E-state index contributed by atoms with van der Waals surface area (Å²) in [5.41, 5.74) is 2.08. The average Bonchev–Trinajstić information content (AvgIpc) is 3.86. The van der Waals surface area contributed by atoms with Gasteiger partial charge in [-0.25, -0.2) is 0 Å². The molecular weight excluding hydrogens is 728 g/mol. The summed E-state index contributed by atoms with van der Waals surface area (Å²) in [6, 6.07) is 21.3. The van der Waals surface area contributed by atoms with Crippen LogP contribution in [0.2, 0.25) is 0 Å². The number of nitrogens with zero attached hydrogens (tertiary/aromatic N) is 7. The zero-order valence-electron chi connectivity index (χ0n) is 29.1. The number of tetrazole rings is 1. The molecule has 3 aliphatic rings. The molecule has 1 aromatic heterocycles. The molecule has 8 rings (SSSR count). The molecule has 0 radical (unpaired) electrons. The molecule has 0 bridgehead atoms. The van der Waals surface area contributed by atoms with Crippen LogP contribution in [0.1, 0.15) is 78.5 Å². The molecule has 1 atom stereocenters. The first kappa shape index (κ1) is 36.2. The smallest absolute Gasteiger partial charge is 0.372 e. The minimum atomic E-state index is -5.04. The van der Waals surface area contributed by atoms with Gasteiger partial charge in [0.05, 0.1) is 54.6 Å². The number of amides is 2. The summed E-state index contributed by atoms with van der Waals surface area (Å²) in [7, 11) is 0. The fraction of sp³-hybridized carbons (Fsp3) is 0.308. The lowest BCUT2D eigenvalue weighted by Crippen LogP contribution is -2.33. The summed E-state index contributed by atoms with van der Waals surface area (Å²) in [5, 5.41) is 12.9. The van der Waals surface area contributed by atoms with Crippen LogP contribution >= 0.6 is 0 Å². The SMILES string of the molecule is O=C1c2ccccc2C(=O)N1CCn1nnc(N(Cc2cc(C(F)(F)F)cc(C(F)(F)F)c2)[C@H]2CCCN(Cc3ccccc3)c3cc4c(cc32)COC4)n1. The highest BCUT2D eigenvalue weighted by atomic mass is 19.4. The molecule has 0 fully saturated rings. The summed E-state index contributed by atoms with van der Waals surface area (Å²) in [6.07, 6.45) is -9.01. The Balaban J connectivity index is 1.18. The highest BCUT2D eigenvalue weighted by Crippen LogP contribution is 2.43. The van der Waals surface area contributed by atoms with Crippen LogP contribution in [-0.4, -0.2) is 50.0 Å². The van der Waals surface area contributed by atoms with Crippen LogP contribution < -0.4 is 9.80 Å². The Hall–Kier alpha value is -5.77. The molecule has 2 amide bonds. The third-order valence-electron chi connectivity index (χ3n) is 10.2. The summed E-state index contributed by atoms with van der Waals surface area (Å²) < 4.78 is 89.9. The van der Waals surface area contributed by atoms with Gasteiger partial charge >= 0.3 is 12.4 Å². The molecule has 3 aliphatic heterocycles. The first-order chi connectivity index (χ1) is 26.3. The first-order valence-corrected chi connectivity index (χ1v) is 17.6.